The van der Waals surface area contributed by atoms with Gasteiger partial charge >= 0.3 is 5.97 Å². The molecule has 0 unspecified atom stereocenters. The lowest BCUT2D eigenvalue weighted by Gasteiger charge is -2.03. The molecule has 1 heterocycles. The van der Waals surface area contributed by atoms with Crippen LogP contribution in [0.2, 0.25) is 0 Å². The van der Waals surface area contributed by atoms with E-state index in [2.05, 4.69) is 18.2 Å². The minimum atomic E-state index is -0.695. The summed E-state index contributed by atoms with van der Waals surface area (Å²) >= 11 is 0. The Kier molecular flexibility index (Phi) is 4.15. The lowest BCUT2D eigenvalue weighted by atomic mass is 10.0. The number of carboxylic acid groups (broad SMARTS) is 1. The van der Waals surface area contributed by atoms with Gasteiger partial charge < -0.3 is 9.84 Å². The van der Waals surface area contributed by atoms with Crippen LogP contribution in [0.4, 0.5) is 0 Å². The quantitative estimate of drug-likeness (QED) is 0.770. The number of fused-ring (bicyclic) bond motifs is 1. The number of hydrogen-bond acceptors (Lipinski definition) is 2. The summed E-state index contributed by atoms with van der Waals surface area (Å²) < 4.78 is 5.37. The summed E-state index contributed by atoms with van der Waals surface area (Å²) in [6.45, 7) is 1.48. The normalized spacial score (nSPS) is 13.6. The first-order valence-corrected chi connectivity index (χ1v) is 6.16. The van der Waals surface area contributed by atoms with Crippen LogP contribution in [0.1, 0.15) is 42.4 Å². The van der Waals surface area contributed by atoms with Crippen molar-refractivity contribution < 1.29 is 14.6 Å². The average Bonchev–Trinajstić information content (AvgIpc) is 2.75. The number of aliphatic carboxylic acids is 1. The minimum Gasteiger partial charge on any atom is -0.481 e. The van der Waals surface area contributed by atoms with E-state index in [9.17, 15) is 4.79 Å². The standard InChI is InChI=1S/C14H18O3/c15-14(16)5-3-1-2-4-11-6-7-12-9-17-10-13(12)8-11/h6-8H,1-5,9-10H2,(H,15,16). The van der Waals surface area contributed by atoms with Crippen LogP contribution in [0.15, 0.2) is 18.2 Å². The van der Waals surface area contributed by atoms with E-state index in [1.54, 1.807) is 0 Å². The van der Waals surface area contributed by atoms with Crippen LogP contribution in [0.5, 0.6) is 0 Å². The molecule has 0 saturated heterocycles. The molecule has 1 aromatic carbocycles. The van der Waals surface area contributed by atoms with Crippen LogP contribution in [0.25, 0.3) is 0 Å². The third-order valence-electron chi connectivity index (χ3n) is 3.14. The molecule has 0 saturated carbocycles. The molecular weight excluding hydrogens is 216 g/mol. The summed E-state index contributed by atoms with van der Waals surface area (Å²) in [5, 5.41) is 8.52. The van der Waals surface area contributed by atoms with Gasteiger partial charge in [0.05, 0.1) is 13.2 Å². The van der Waals surface area contributed by atoms with Gasteiger partial charge in [0.2, 0.25) is 0 Å². The molecule has 0 bridgehead atoms. The fraction of sp³-hybridized carbons (Fsp3) is 0.500. The van der Waals surface area contributed by atoms with Crippen LogP contribution in [0.3, 0.4) is 0 Å². The Morgan fingerprint density at radius 1 is 1.18 bits per heavy atom. The SMILES string of the molecule is O=C(O)CCCCCc1ccc2c(c1)COC2. The Hall–Kier alpha value is -1.35. The highest BCUT2D eigenvalue weighted by atomic mass is 16.5. The summed E-state index contributed by atoms with van der Waals surface area (Å²) in [6.07, 6.45) is 4.15. The van der Waals surface area contributed by atoms with Crippen molar-refractivity contribution in [2.45, 2.75) is 45.3 Å². The summed E-state index contributed by atoms with van der Waals surface area (Å²) in [5.41, 5.74) is 3.96. The zero-order chi connectivity index (χ0) is 12.1. The van der Waals surface area contributed by atoms with Gasteiger partial charge in [-0.3, -0.25) is 4.79 Å². The number of carbonyl (C=O) groups is 1. The number of rotatable bonds is 6. The fourth-order valence-corrected chi connectivity index (χ4v) is 2.16. The van der Waals surface area contributed by atoms with Gasteiger partial charge in [0, 0.05) is 6.42 Å². The van der Waals surface area contributed by atoms with Gasteiger partial charge in [-0.2, -0.15) is 0 Å². The number of benzene rings is 1. The maximum absolute atomic E-state index is 10.3. The molecule has 92 valence electrons. The van der Waals surface area contributed by atoms with E-state index in [0.717, 1.165) is 38.9 Å². The van der Waals surface area contributed by atoms with Crippen LogP contribution in [-0.2, 0) is 29.2 Å². The van der Waals surface area contributed by atoms with Crippen molar-refractivity contribution in [1.82, 2.24) is 0 Å². The van der Waals surface area contributed by atoms with E-state index >= 15 is 0 Å². The third kappa shape index (κ3) is 3.56. The van der Waals surface area contributed by atoms with E-state index < -0.39 is 5.97 Å². The lowest BCUT2D eigenvalue weighted by Crippen LogP contribution is -1.94. The molecule has 2 rings (SSSR count). The second-order valence-corrected chi connectivity index (χ2v) is 4.55. The number of aryl methyl sites for hydroxylation is 1. The zero-order valence-corrected chi connectivity index (χ0v) is 9.95. The largest absolute Gasteiger partial charge is 0.481 e. The van der Waals surface area contributed by atoms with Gasteiger partial charge in [-0.05, 0) is 36.0 Å². The molecule has 1 aliphatic rings. The number of unbranched alkanes of at least 4 members (excludes halogenated alkanes) is 2. The Labute approximate surface area is 101 Å². The molecule has 1 aliphatic heterocycles. The van der Waals surface area contributed by atoms with Gasteiger partial charge in [-0.25, -0.2) is 0 Å². The first-order chi connectivity index (χ1) is 8.25. The summed E-state index contributed by atoms with van der Waals surface area (Å²) in [4.78, 5) is 10.3. The van der Waals surface area contributed by atoms with Crippen molar-refractivity contribution >= 4 is 5.97 Å². The maximum atomic E-state index is 10.3. The fourth-order valence-electron chi connectivity index (χ4n) is 2.16. The van der Waals surface area contributed by atoms with Gasteiger partial charge in [0.25, 0.3) is 0 Å². The molecule has 17 heavy (non-hydrogen) atoms. The third-order valence-corrected chi connectivity index (χ3v) is 3.14. The van der Waals surface area contributed by atoms with Gasteiger partial charge in [-0.15, -0.1) is 0 Å². The second-order valence-electron chi connectivity index (χ2n) is 4.55. The van der Waals surface area contributed by atoms with Crippen LogP contribution in [-0.4, -0.2) is 11.1 Å². The van der Waals surface area contributed by atoms with Crippen molar-refractivity contribution in [1.29, 1.82) is 0 Å². The molecule has 1 N–H and O–H groups in total. The van der Waals surface area contributed by atoms with Crippen LogP contribution >= 0.6 is 0 Å². The van der Waals surface area contributed by atoms with E-state index in [0.29, 0.717) is 0 Å². The van der Waals surface area contributed by atoms with E-state index in [-0.39, 0.29) is 6.42 Å². The molecule has 0 aromatic heterocycles. The molecule has 0 aliphatic carbocycles. The Morgan fingerprint density at radius 3 is 2.82 bits per heavy atom. The molecule has 3 nitrogen and oxygen atoms in total. The summed E-state index contributed by atoms with van der Waals surface area (Å²) in [5.74, 6) is -0.695. The highest BCUT2D eigenvalue weighted by Crippen LogP contribution is 2.21. The Morgan fingerprint density at radius 2 is 2.00 bits per heavy atom. The van der Waals surface area contributed by atoms with Crippen molar-refractivity contribution in [2.24, 2.45) is 0 Å². The number of ether oxygens (including phenoxy) is 1. The molecule has 3 heteroatoms. The monoisotopic (exact) mass is 234 g/mol. The first-order valence-electron chi connectivity index (χ1n) is 6.16. The molecular formula is C14H18O3. The van der Waals surface area contributed by atoms with Crippen molar-refractivity contribution in [2.75, 3.05) is 0 Å². The Balaban J connectivity index is 1.74. The average molecular weight is 234 g/mol. The highest BCUT2D eigenvalue weighted by Gasteiger charge is 2.10. The molecule has 0 fully saturated rings. The van der Waals surface area contributed by atoms with E-state index in [4.69, 9.17) is 9.84 Å². The van der Waals surface area contributed by atoms with E-state index in [1.807, 2.05) is 0 Å². The second kappa shape index (κ2) is 5.82. The van der Waals surface area contributed by atoms with Crippen molar-refractivity contribution in [3.8, 4) is 0 Å². The predicted molar refractivity (Wildman–Crippen MR) is 64.7 cm³/mol. The highest BCUT2D eigenvalue weighted by molar-refractivity contribution is 5.66. The van der Waals surface area contributed by atoms with Crippen LogP contribution < -0.4 is 0 Å². The first kappa shape index (κ1) is 12.1. The maximum Gasteiger partial charge on any atom is 0.303 e. The number of carboxylic acids is 1. The van der Waals surface area contributed by atoms with Crippen LogP contribution in [0, 0.1) is 0 Å². The van der Waals surface area contributed by atoms with E-state index in [1.165, 1.54) is 16.7 Å². The minimum absolute atomic E-state index is 0.290. The Bertz CT molecular complexity index is 398. The number of hydrogen-bond donors (Lipinski definition) is 1. The molecule has 0 radical (unpaired) electrons. The predicted octanol–water partition coefficient (Wildman–Crippen LogP) is 2.90. The van der Waals surface area contributed by atoms with Gasteiger partial charge in [0.15, 0.2) is 0 Å². The molecule has 0 amide bonds. The zero-order valence-electron chi connectivity index (χ0n) is 9.95. The van der Waals surface area contributed by atoms with Crippen molar-refractivity contribution in [3.05, 3.63) is 34.9 Å². The summed E-state index contributed by atoms with van der Waals surface area (Å²) in [6, 6.07) is 6.53. The summed E-state index contributed by atoms with van der Waals surface area (Å²) in [7, 11) is 0. The molecule has 0 atom stereocenters. The smallest absolute Gasteiger partial charge is 0.303 e. The van der Waals surface area contributed by atoms with Crippen molar-refractivity contribution in [3.63, 3.8) is 0 Å². The molecule has 1 aromatic rings. The lowest BCUT2D eigenvalue weighted by molar-refractivity contribution is -0.137. The topological polar surface area (TPSA) is 46.5 Å². The van der Waals surface area contributed by atoms with Gasteiger partial charge in [0.1, 0.15) is 0 Å². The van der Waals surface area contributed by atoms with Gasteiger partial charge in [-0.1, -0.05) is 24.6 Å². The molecule has 0 spiro atoms.